The van der Waals surface area contributed by atoms with E-state index in [2.05, 4.69) is 30.0 Å². The summed E-state index contributed by atoms with van der Waals surface area (Å²) >= 11 is 1.91. The summed E-state index contributed by atoms with van der Waals surface area (Å²) in [7, 11) is 0. The molecule has 1 heterocycles. The molecule has 1 aliphatic carbocycles. The van der Waals surface area contributed by atoms with Crippen molar-refractivity contribution < 1.29 is 0 Å². The van der Waals surface area contributed by atoms with Gasteiger partial charge in [0.25, 0.3) is 0 Å². The topological polar surface area (TPSA) is 30.9 Å². The minimum atomic E-state index is 0.275. The summed E-state index contributed by atoms with van der Waals surface area (Å²) < 4.78 is 2.42. The molecule has 0 radical (unpaired) electrons. The fraction of sp³-hybridized carbons (Fsp3) is 0.667. The lowest BCUT2D eigenvalue weighted by molar-refractivity contribution is 0.517. The predicted octanol–water partition coefficient (Wildman–Crippen LogP) is 2.75. The van der Waals surface area contributed by atoms with Gasteiger partial charge in [-0.25, -0.2) is 0 Å². The van der Waals surface area contributed by atoms with E-state index in [0.717, 1.165) is 6.42 Å². The lowest BCUT2D eigenvalue weighted by atomic mass is 9.93. The highest BCUT2D eigenvalue weighted by Gasteiger charge is 2.21. The van der Waals surface area contributed by atoms with Crippen LogP contribution in [-0.4, -0.2) is 16.6 Å². The van der Waals surface area contributed by atoms with Crippen LogP contribution in [0.1, 0.15) is 43.1 Å². The molecule has 1 aromatic rings. The molecule has 84 valence electrons. The van der Waals surface area contributed by atoms with Gasteiger partial charge in [-0.05, 0) is 44.1 Å². The Morgan fingerprint density at radius 3 is 3.20 bits per heavy atom. The number of nitrogens with zero attached hydrogens (tertiary/aromatic N) is 1. The fourth-order valence-corrected chi connectivity index (χ4v) is 3.13. The summed E-state index contributed by atoms with van der Waals surface area (Å²) in [6.45, 7) is 2.29. The molecule has 2 rings (SSSR count). The van der Waals surface area contributed by atoms with E-state index in [4.69, 9.17) is 5.73 Å². The molecule has 1 aromatic heterocycles. The van der Waals surface area contributed by atoms with Crippen molar-refractivity contribution in [2.75, 3.05) is 12.0 Å². The first kappa shape index (κ1) is 11.1. The van der Waals surface area contributed by atoms with E-state index in [0.29, 0.717) is 6.04 Å². The molecule has 0 fully saturated rings. The van der Waals surface area contributed by atoms with Crippen molar-refractivity contribution in [2.45, 2.75) is 38.3 Å². The summed E-state index contributed by atoms with van der Waals surface area (Å²) in [6.07, 6.45) is 7.97. The van der Waals surface area contributed by atoms with Crippen LogP contribution >= 0.6 is 11.8 Å². The van der Waals surface area contributed by atoms with Gasteiger partial charge < -0.3 is 10.3 Å². The Bertz CT molecular complexity index is 332. The molecule has 0 spiro atoms. The Morgan fingerprint density at radius 1 is 1.67 bits per heavy atom. The highest BCUT2D eigenvalue weighted by molar-refractivity contribution is 7.98. The van der Waals surface area contributed by atoms with Crippen molar-refractivity contribution in [3.8, 4) is 0 Å². The van der Waals surface area contributed by atoms with Crippen LogP contribution in [0.15, 0.2) is 12.3 Å². The first-order chi connectivity index (χ1) is 7.24. The van der Waals surface area contributed by atoms with E-state index in [9.17, 15) is 0 Å². The average molecular weight is 224 g/mol. The molecule has 0 aliphatic heterocycles. The van der Waals surface area contributed by atoms with E-state index in [1.165, 1.54) is 29.9 Å². The fourth-order valence-electron chi connectivity index (χ4n) is 2.49. The zero-order valence-corrected chi connectivity index (χ0v) is 10.4. The molecule has 2 atom stereocenters. The van der Waals surface area contributed by atoms with E-state index in [-0.39, 0.29) is 6.04 Å². The number of hydrogen-bond acceptors (Lipinski definition) is 2. The predicted molar refractivity (Wildman–Crippen MR) is 67.4 cm³/mol. The number of rotatable bonds is 3. The number of aromatic nitrogens is 1. The van der Waals surface area contributed by atoms with Crippen LogP contribution in [0.25, 0.3) is 0 Å². The zero-order chi connectivity index (χ0) is 10.8. The molecule has 15 heavy (non-hydrogen) atoms. The van der Waals surface area contributed by atoms with Crippen LogP contribution in [0, 0.1) is 0 Å². The Hall–Kier alpha value is -0.410. The third-order valence-electron chi connectivity index (χ3n) is 3.27. The molecule has 0 bridgehead atoms. The Balaban J connectivity index is 2.26. The van der Waals surface area contributed by atoms with Gasteiger partial charge in [0.1, 0.15) is 0 Å². The van der Waals surface area contributed by atoms with E-state index < -0.39 is 0 Å². The van der Waals surface area contributed by atoms with Crippen molar-refractivity contribution in [3.05, 3.63) is 23.5 Å². The molecule has 2 N–H and O–H groups in total. The van der Waals surface area contributed by atoms with E-state index in [1.54, 1.807) is 0 Å². The molecular weight excluding hydrogens is 204 g/mol. The second-order valence-corrected chi connectivity index (χ2v) is 5.34. The Kier molecular flexibility index (Phi) is 3.42. The van der Waals surface area contributed by atoms with Crippen molar-refractivity contribution in [2.24, 2.45) is 5.73 Å². The SMILES string of the molecule is CSCC(C)n1ccc2c1CCCC2N. The van der Waals surface area contributed by atoms with Crippen LogP contribution in [0.5, 0.6) is 0 Å². The normalized spacial score (nSPS) is 22.5. The van der Waals surface area contributed by atoms with Crippen LogP contribution in [0.3, 0.4) is 0 Å². The van der Waals surface area contributed by atoms with Gasteiger partial charge in [-0.1, -0.05) is 0 Å². The summed E-state index contributed by atoms with van der Waals surface area (Å²) in [5, 5.41) is 0. The van der Waals surface area contributed by atoms with Crippen molar-refractivity contribution in [3.63, 3.8) is 0 Å². The summed E-state index contributed by atoms with van der Waals surface area (Å²) in [5.41, 5.74) is 8.98. The lowest BCUT2D eigenvalue weighted by Crippen LogP contribution is -2.19. The Labute approximate surface area is 96.2 Å². The molecule has 0 saturated heterocycles. The van der Waals surface area contributed by atoms with Gasteiger partial charge in [-0.15, -0.1) is 0 Å². The largest absolute Gasteiger partial charge is 0.348 e. The quantitative estimate of drug-likeness (QED) is 0.856. The standard InChI is InChI=1S/C12H20N2S/c1-9(8-15-2)14-7-6-10-11(13)4-3-5-12(10)14/h6-7,9,11H,3-5,8,13H2,1-2H3. The lowest BCUT2D eigenvalue weighted by Gasteiger charge is -2.23. The number of hydrogen-bond donors (Lipinski definition) is 1. The Morgan fingerprint density at radius 2 is 2.47 bits per heavy atom. The number of nitrogens with two attached hydrogens (primary N) is 1. The van der Waals surface area contributed by atoms with E-state index in [1.807, 2.05) is 11.8 Å². The monoisotopic (exact) mass is 224 g/mol. The van der Waals surface area contributed by atoms with Crippen molar-refractivity contribution in [1.29, 1.82) is 0 Å². The van der Waals surface area contributed by atoms with Gasteiger partial charge in [0.05, 0.1) is 0 Å². The third-order valence-corrected chi connectivity index (χ3v) is 4.09. The molecule has 0 amide bonds. The zero-order valence-electron chi connectivity index (χ0n) is 9.57. The maximum absolute atomic E-state index is 6.12. The second-order valence-electron chi connectivity index (χ2n) is 4.43. The van der Waals surface area contributed by atoms with Crippen LogP contribution < -0.4 is 5.73 Å². The first-order valence-corrected chi connectivity index (χ1v) is 7.07. The maximum Gasteiger partial charge on any atom is 0.0395 e. The molecular formula is C12H20N2S. The minimum Gasteiger partial charge on any atom is -0.348 e. The minimum absolute atomic E-state index is 0.275. The van der Waals surface area contributed by atoms with E-state index >= 15 is 0 Å². The van der Waals surface area contributed by atoms with Crippen LogP contribution in [0.4, 0.5) is 0 Å². The van der Waals surface area contributed by atoms with Gasteiger partial charge in [0, 0.05) is 29.7 Å². The first-order valence-electron chi connectivity index (χ1n) is 5.68. The van der Waals surface area contributed by atoms with Gasteiger partial charge in [-0.2, -0.15) is 11.8 Å². The van der Waals surface area contributed by atoms with Gasteiger partial charge in [0.15, 0.2) is 0 Å². The third kappa shape index (κ3) is 2.08. The number of fused-ring (bicyclic) bond motifs is 1. The molecule has 0 aromatic carbocycles. The highest BCUT2D eigenvalue weighted by Crippen LogP contribution is 2.31. The molecule has 1 aliphatic rings. The smallest absolute Gasteiger partial charge is 0.0395 e. The van der Waals surface area contributed by atoms with Crippen molar-refractivity contribution in [1.82, 2.24) is 4.57 Å². The van der Waals surface area contributed by atoms with Gasteiger partial charge in [0.2, 0.25) is 0 Å². The maximum atomic E-state index is 6.12. The summed E-state index contributed by atoms with van der Waals surface area (Å²) in [5.74, 6) is 1.18. The highest BCUT2D eigenvalue weighted by atomic mass is 32.2. The summed E-state index contributed by atoms with van der Waals surface area (Å²) in [4.78, 5) is 0. The number of thioether (sulfide) groups is 1. The van der Waals surface area contributed by atoms with Crippen molar-refractivity contribution >= 4 is 11.8 Å². The van der Waals surface area contributed by atoms with Crippen LogP contribution in [0.2, 0.25) is 0 Å². The molecule has 0 saturated carbocycles. The second kappa shape index (κ2) is 4.62. The molecule has 2 unspecified atom stereocenters. The molecule has 2 nitrogen and oxygen atoms in total. The summed E-state index contributed by atoms with van der Waals surface area (Å²) in [6, 6.07) is 3.08. The van der Waals surface area contributed by atoms with Gasteiger partial charge >= 0.3 is 0 Å². The average Bonchev–Trinajstić information content (AvgIpc) is 2.63. The van der Waals surface area contributed by atoms with Crippen LogP contribution in [-0.2, 0) is 6.42 Å². The molecule has 3 heteroatoms. The van der Waals surface area contributed by atoms with Gasteiger partial charge in [-0.3, -0.25) is 0 Å².